The fourth-order valence-electron chi connectivity index (χ4n) is 6.16. The summed E-state index contributed by atoms with van der Waals surface area (Å²) in [6, 6.07) is 4.84. The number of rotatable bonds is 5. The lowest BCUT2D eigenvalue weighted by Gasteiger charge is -2.35. The molecule has 3 aromatic rings. The molecule has 2 aromatic carbocycles. The van der Waals surface area contributed by atoms with Crippen LogP contribution in [-0.4, -0.2) is 32.4 Å². The van der Waals surface area contributed by atoms with Crippen molar-refractivity contribution in [3.05, 3.63) is 52.6 Å². The highest BCUT2D eigenvalue weighted by molar-refractivity contribution is 7.23. The number of anilines is 2. The fourth-order valence-corrected chi connectivity index (χ4v) is 7.47. The van der Waals surface area contributed by atoms with E-state index >= 15 is 4.39 Å². The number of fused-ring (bicyclic) bond motifs is 2. The van der Waals surface area contributed by atoms with E-state index in [1.54, 1.807) is 6.08 Å². The summed E-state index contributed by atoms with van der Waals surface area (Å²) in [4.78, 5) is 6.88. The van der Waals surface area contributed by atoms with E-state index in [0.717, 1.165) is 55.8 Å². The van der Waals surface area contributed by atoms with Crippen LogP contribution in [0, 0.1) is 34.8 Å². The molecule has 0 aliphatic carbocycles. The van der Waals surface area contributed by atoms with Gasteiger partial charge in [0.05, 0.1) is 21.0 Å². The van der Waals surface area contributed by atoms with Crippen LogP contribution < -0.4 is 16.0 Å². The molecule has 1 saturated heterocycles. The molecule has 0 radical (unpaired) electrons. The minimum Gasteiger partial charge on any atom is -0.389 e. The topological polar surface area (TPSA) is 77.4 Å². The van der Waals surface area contributed by atoms with Crippen molar-refractivity contribution in [1.82, 2.24) is 5.32 Å². The Hall–Kier alpha value is -2.99. The van der Waals surface area contributed by atoms with Gasteiger partial charge in [-0.15, -0.1) is 11.3 Å². The number of allylic oxidation sites excluding steroid dienone is 1. The molecule has 0 bridgehead atoms. The van der Waals surface area contributed by atoms with Gasteiger partial charge in [-0.05, 0) is 80.3 Å². The van der Waals surface area contributed by atoms with Gasteiger partial charge in [0, 0.05) is 30.3 Å². The molecule has 3 N–H and O–H groups in total. The SMILES string of the molecule is C=CC(CC)=Nc1c(F)c(-c2ccc(F)c3sc(N)c(C#N)c23)c(Cl)c2c1N(C)CC(C1CCNC1)CCC2. The van der Waals surface area contributed by atoms with Gasteiger partial charge < -0.3 is 16.0 Å². The molecule has 39 heavy (non-hydrogen) atoms. The van der Waals surface area contributed by atoms with Gasteiger partial charge in [-0.25, -0.2) is 13.8 Å². The first-order valence-electron chi connectivity index (χ1n) is 13.4. The first-order chi connectivity index (χ1) is 18.8. The predicted octanol–water partition coefficient (Wildman–Crippen LogP) is 7.62. The van der Waals surface area contributed by atoms with Gasteiger partial charge in [0.1, 0.15) is 22.6 Å². The lowest BCUT2D eigenvalue weighted by molar-refractivity contribution is 0.328. The monoisotopic (exact) mass is 567 g/mol. The number of nitrogens with two attached hydrogens (primary N) is 1. The van der Waals surface area contributed by atoms with Gasteiger partial charge >= 0.3 is 0 Å². The first-order valence-corrected chi connectivity index (χ1v) is 14.6. The molecule has 204 valence electrons. The average molecular weight is 568 g/mol. The van der Waals surface area contributed by atoms with Crippen LogP contribution >= 0.6 is 22.9 Å². The van der Waals surface area contributed by atoms with Gasteiger partial charge in [-0.1, -0.05) is 31.2 Å². The summed E-state index contributed by atoms with van der Waals surface area (Å²) in [7, 11) is 1.98. The van der Waals surface area contributed by atoms with Crippen LogP contribution in [0.15, 0.2) is 29.8 Å². The Morgan fingerprint density at radius 3 is 2.82 bits per heavy atom. The Labute approximate surface area is 237 Å². The number of halogens is 3. The van der Waals surface area contributed by atoms with Gasteiger partial charge in [-0.2, -0.15) is 5.26 Å². The number of aliphatic imine (C=N–C) groups is 1. The maximum Gasteiger partial charge on any atom is 0.160 e. The largest absolute Gasteiger partial charge is 0.389 e. The number of nitrogens with zero attached hydrogens (tertiary/aromatic N) is 3. The van der Waals surface area contributed by atoms with Crippen LogP contribution in [0.2, 0.25) is 5.02 Å². The highest BCUT2D eigenvalue weighted by Crippen LogP contribution is 2.51. The summed E-state index contributed by atoms with van der Waals surface area (Å²) in [5.74, 6) is -0.0502. The van der Waals surface area contributed by atoms with Crippen LogP contribution in [0.5, 0.6) is 0 Å². The zero-order valence-electron chi connectivity index (χ0n) is 22.2. The summed E-state index contributed by atoms with van der Waals surface area (Å²) in [5.41, 5.74) is 9.03. The smallest absolute Gasteiger partial charge is 0.160 e. The third-order valence-corrected chi connectivity index (χ3v) is 9.58. The van der Waals surface area contributed by atoms with E-state index in [9.17, 15) is 9.65 Å². The second kappa shape index (κ2) is 11.2. The van der Waals surface area contributed by atoms with Crippen LogP contribution in [0.4, 0.5) is 25.2 Å². The summed E-state index contributed by atoms with van der Waals surface area (Å²) in [5, 5.41) is 14.1. The fraction of sp³-hybridized carbons (Fsp3) is 0.400. The lowest BCUT2D eigenvalue weighted by Crippen LogP contribution is -2.33. The number of benzene rings is 2. The molecule has 2 aliphatic heterocycles. The number of thiophene rings is 1. The Morgan fingerprint density at radius 2 is 2.15 bits per heavy atom. The van der Waals surface area contributed by atoms with Crippen molar-refractivity contribution in [2.75, 3.05) is 37.3 Å². The maximum absolute atomic E-state index is 16.8. The van der Waals surface area contributed by atoms with Crippen molar-refractivity contribution < 1.29 is 8.78 Å². The van der Waals surface area contributed by atoms with Crippen molar-refractivity contribution in [1.29, 1.82) is 5.26 Å². The minimum absolute atomic E-state index is 0.124. The number of hydrogen-bond donors (Lipinski definition) is 2. The molecular formula is C30H32ClF2N5S. The van der Waals surface area contributed by atoms with E-state index in [4.69, 9.17) is 22.3 Å². The van der Waals surface area contributed by atoms with Crippen molar-refractivity contribution >= 4 is 55.1 Å². The number of nitriles is 1. The molecule has 5 nitrogen and oxygen atoms in total. The zero-order chi connectivity index (χ0) is 27.8. The van der Waals surface area contributed by atoms with E-state index in [-0.39, 0.29) is 36.9 Å². The van der Waals surface area contributed by atoms with Gasteiger partial charge in [0.15, 0.2) is 5.82 Å². The Morgan fingerprint density at radius 1 is 1.36 bits per heavy atom. The molecule has 3 heterocycles. The van der Waals surface area contributed by atoms with Crippen molar-refractivity contribution in [3.8, 4) is 17.2 Å². The number of nitrogens with one attached hydrogen (secondary N) is 1. The molecule has 1 aromatic heterocycles. The first kappa shape index (κ1) is 27.6. The average Bonchev–Trinajstić information content (AvgIpc) is 3.56. The zero-order valence-corrected chi connectivity index (χ0v) is 23.8. The molecule has 1 fully saturated rings. The van der Waals surface area contributed by atoms with Crippen LogP contribution in [0.25, 0.3) is 21.2 Å². The molecule has 0 spiro atoms. The van der Waals surface area contributed by atoms with Crippen molar-refractivity contribution in [2.45, 2.75) is 39.0 Å². The van der Waals surface area contributed by atoms with Crippen molar-refractivity contribution in [2.24, 2.45) is 16.8 Å². The highest BCUT2D eigenvalue weighted by atomic mass is 35.5. The van der Waals surface area contributed by atoms with Crippen LogP contribution in [0.1, 0.15) is 43.7 Å². The van der Waals surface area contributed by atoms with E-state index < -0.39 is 11.6 Å². The van der Waals surface area contributed by atoms with E-state index in [1.807, 2.05) is 14.0 Å². The van der Waals surface area contributed by atoms with E-state index in [0.29, 0.717) is 41.6 Å². The number of hydrogen-bond acceptors (Lipinski definition) is 6. The summed E-state index contributed by atoms with van der Waals surface area (Å²) < 4.78 is 31.9. The standard InChI is InChI=1S/C30H32ClF2N5S/c1-4-18(5-2)37-27-26(33)24(19-9-10-22(32)29-23(19)21(13-34)30(35)39-29)25(31)20-8-6-7-17(15-38(3)28(20)27)16-11-12-36-14-16/h4,9-10,16-17,36H,1,5-8,11-12,14-15,35H2,2-3H3. The van der Waals surface area contributed by atoms with Crippen LogP contribution in [-0.2, 0) is 6.42 Å². The van der Waals surface area contributed by atoms with Gasteiger partial charge in [0.25, 0.3) is 0 Å². The molecule has 9 heteroatoms. The predicted molar refractivity (Wildman–Crippen MR) is 160 cm³/mol. The summed E-state index contributed by atoms with van der Waals surface area (Å²) >= 11 is 8.07. The molecule has 5 rings (SSSR count). The van der Waals surface area contributed by atoms with Crippen LogP contribution in [0.3, 0.4) is 0 Å². The quantitative estimate of drug-likeness (QED) is 0.311. The highest BCUT2D eigenvalue weighted by Gasteiger charge is 2.33. The molecule has 2 unspecified atom stereocenters. The Kier molecular flexibility index (Phi) is 7.95. The van der Waals surface area contributed by atoms with Gasteiger partial charge in [-0.3, -0.25) is 0 Å². The lowest BCUT2D eigenvalue weighted by atomic mass is 9.83. The van der Waals surface area contributed by atoms with E-state index in [2.05, 4.69) is 22.9 Å². The minimum atomic E-state index is -0.598. The maximum atomic E-state index is 16.8. The molecule has 2 aliphatic rings. The number of nitrogen functional groups attached to an aromatic ring is 1. The summed E-state index contributed by atoms with van der Waals surface area (Å²) in [6.07, 6.45) is 5.97. The second-order valence-corrected chi connectivity index (χ2v) is 11.8. The molecule has 2 atom stereocenters. The molecule has 0 saturated carbocycles. The Bertz CT molecular complexity index is 1520. The van der Waals surface area contributed by atoms with E-state index in [1.165, 1.54) is 12.1 Å². The normalized spacial score (nSPS) is 20.0. The molecule has 0 amide bonds. The third-order valence-electron chi connectivity index (χ3n) is 8.13. The third kappa shape index (κ3) is 4.82. The Balaban J connectivity index is 1.79. The molecular weight excluding hydrogens is 536 g/mol. The summed E-state index contributed by atoms with van der Waals surface area (Å²) in [6.45, 7) is 8.63. The second-order valence-electron chi connectivity index (χ2n) is 10.4. The van der Waals surface area contributed by atoms with Crippen molar-refractivity contribution in [3.63, 3.8) is 0 Å². The van der Waals surface area contributed by atoms with Gasteiger partial charge in [0.2, 0.25) is 0 Å².